The van der Waals surface area contributed by atoms with Gasteiger partial charge in [-0.3, -0.25) is 23.6 Å². The van der Waals surface area contributed by atoms with Gasteiger partial charge in [-0.25, -0.2) is 4.98 Å². The van der Waals surface area contributed by atoms with E-state index in [1.807, 2.05) is 50.1 Å². The van der Waals surface area contributed by atoms with Gasteiger partial charge in [-0.2, -0.15) is 5.10 Å². The Bertz CT molecular complexity index is 1930. The summed E-state index contributed by atoms with van der Waals surface area (Å²) in [7, 11) is 1.89. The Morgan fingerprint density at radius 2 is 1.64 bits per heavy atom. The number of fused-ring (bicyclic) bond motifs is 1. The zero-order chi connectivity index (χ0) is 31.1. The fourth-order valence-electron chi connectivity index (χ4n) is 6.22. The van der Waals surface area contributed by atoms with E-state index in [0.29, 0.717) is 28.7 Å². The highest BCUT2D eigenvalue weighted by Crippen LogP contribution is 2.39. The number of primary amides is 1. The maximum absolute atomic E-state index is 13.3. The van der Waals surface area contributed by atoms with Crippen molar-refractivity contribution in [2.75, 3.05) is 18.8 Å². The van der Waals surface area contributed by atoms with E-state index in [0.717, 1.165) is 48.0 Å². The quantitative estimate of drug-likeness (QED) is 0.299. The summed E-state index contributed by atoms with van der Waals surface area (Å²) in [5.74, 6) is 0.530. The lowest BCUT2D eigenvalue weighted by Gasteiger charge is -2.33. The van der Waals surface area contributed by atoms with E-state index in [9.17, 15) is 14.4 Å². The Morgan fingerprint density at radius 3 is 2.25 bits per heavy atom. The number of piperidine rings is 1. The zero-order valence-corrected chi connectivity index (χ0v) is 25.0. The molecular formula is C34H35N7O3. The van der Waals surface area contributed by atoms with Crippen molar-refractivity contribution in [3.63, 3.8) is 0 Å². The van der Waals surface area contributed by atoms with Crippen LogP contribution >= 0.6 is 0 Å². The van der Waals surface area contributed by atoms with Gasteiger partial charge in [-0.15, -0.1) is 0 Å². The first-order valence-electron chi connectivity index (χ1n) is 14.8. The number of nitrogen functional groups attached to an aromatic ring is 1. The molecule has 224 valence electrons. The molecule has 1 aliphatic heterocycles. The van der Waals surface area contributed by atoms with Gasteiger partial charge in [-0.05, 0) is 71.3 Å². The Hall–Kier alpha value is -5.25. The summed E-state index contributed by atoms with van der Waals surface area (Å²) in [5, 5.41) is 5.37. The zero-order valence-electron chi connectivity index (χ0n) is 25.0. The van der Waals surface area contributed by atoms with Gasteiger partial charge in [-0.1, -0.05) is 44.2 Å². The number of anilines is 1. The van der Waals surface area contributed by atoms with Gasteiger partial charge in [0.05, 0.1) is 10.9 Å². The molecule has 0 spiro atoms. The SMILES string of the molecule is CC(C)C(=O)N1CCC(c2cc(-c3ccc(-c4ccn(-c5ccccn5)c(=O)c4C(N)=O)cc3)c3c(N)nn(C)c3c2)CC1. The first-order chi connectivity index (χ1) is 21.1. The number of carbonyl (C=O) groups is 2. The van der Waals surface area contributed by atoms with Crippen molar-refractivity contribution in [1.82, 2.24) is 24.2 Å². The predicted molar refractivity (Wildman–Crippen MR) is 171 cm³/mol. The van der Waals surface area contributed by atoms with E-state index in [1.54, 1.807) is 41.3 Å². The van der Waals surface area contributed by atoms with Crippen LogP contribution in [0.2, 0.25) is 0 Å². The number of amides is 2. The summed E-state index contributed by atoms with van der Waals surface area (Å²) in [6.07, 6.45) is 4.95. The summed E-state index contributed by atoms with van der Waals surface area (Å²) < 4.78 is 3.12. The molecule has 0 bridgehead atoms. The molecule has 1 saturated heterocycles. The first-order valence-corrected chi connectivity index (χ1v) is 14.8. The molecule has 10 heteroatoms. The number of aryl methyl sites for hydroxylation is 1. The molecule has 1 fully saturated rings. The fraction of sp³-hybridized carbons (Fsp3) is 0.265. The largest absolute Gasteiger partial charge is 0.382 e. The van der Waals surface area contributed by atoms with Crippen molar-refractivity contribution in [2.45, 2.75) is 32.6 Å². The molecule has 1 aliphatic rings. The molecule has 4 N–H and O–H groups in total. The topological polar surface area (TPSA) is 142 Å². The summed E-state index contributed by atoms with van der Waals surface area (Å²) in [4.78, 5) is 44.6. The number of hydrogen-bond acceptors (Lipinski definition) is 6. The minimum Gasteiger partial charge on any atom is -0.382 e. The highest BCUT2D eigenvalue weighted by atomic mass is 16.2. The van der Waals surface area contributed by atoms with Crippen LogP contribution in [0, 0.1) is 5.92 Å². The van der Waals surface area contributed by atoms with Crippen molar-refractivity contribution in [2.24, 2.45) is 18.7 Å². The predicted octanol–water partition coefficient (Wildman–Crippen LogP) is 4.50. The van der Waals surface area contributed by atoms with Crippen LogP contribution in [-0.4, -0.2) is 49.1 Å². The third-order valence-corrected chi connectivity index (χ3v) is 8.52. The van der Waals surface area contributed by atoms with Crippen LogP contribution in [0.3, 0.4) is 0 Å². The number of carbonyl (C=O) groups excluding carboxylic acids is 2. The van der Waals surface area contributed by atoms with E-state index in [2.05, 4.69) is 22.2 Å². The third-order valence-electron chi connectivity index (χ3n) is 8.52. The van der Waals surface area contributed by atoms with Crippen molar-refractivity contribution in [3.05, 3.63) is 94.5 Å². The average molecular weight is 590 g/mol. The lowest BCUT2D eigenvalue weighted by molar-refractivity contribution is -0.135. The van der Waals surface area contributed by atoms with Gasteiger partial charge in [0.15, 0.2) is 5.82 Å². The number of hydrogen-bond donors (Lipinski definition) is 2. The Labute approximate surface area is 254 Å². The standard InChI is InChI=1S/C34H35N7O3/c1-20(2)33(43)40-15-11-21(12-16-40)24-18-26(29-27(19-24)39(3)38-31(29)35)23-9-7-22(8-10-23)25-13-17-41(28-6-4-5-14-37-28)34(44)30(25)32(36)42/h4-10,13-14,17-21H,11-12,15-16H2,1-3H3,(H2,35,38)(H2,36,42). The van der Waals surface area contributed by atoms with E-state index >= 15 is 0 Å². The summed E-state index contributed by atoms with van der Waals surface area (Å²) in [6.45, 7) is 5.35. The molecule has 4 heterocycles. The van der Waals surface area contributed by atoms with Crippen LogP contribution in [0.5, 0.6) is 0 Å². The molecule has 0 atom stereocenters. The van der Waals surface area contributed by atoms with Gasteiger partial charge >= 0.3 is 0 Å². The first kappa shape index (κ1) is 28.9. The second kappa shape index (κ2) is 11.4. The van der Waals surface area contributed by atoms with E-state index < -0.39 is 11.5 Å². The van der Waals surface area contributed by atoms with Gasteiger partial charge in [0, 0.05) is 44.0 Å². The monoisotopic (exact) mass is 589 g/mol. The molecule has 0 aliphatic carbocycles. The molecule has 0 unspecified atom stereocenters. The number of pyridine rings is 2. The number of nitrogens with two attached hydrogens (primary N) is 2. The highest BCUT2D eigenvalue weighted by Gasteiger charge is 2.27. The van der Waals surface area contributed by atoms with Gasteiger partial charge in [0.2, 0.25) is 5.91 Å². The normalized spacial score (nSPS) is 14.0. The molecule has 2 amide bonds. The number of benzene rings is 2. The minimum atomic E-state index is -0.807. The maximum Gasteiger partial charge on any atom is 0.269 e. The second-order valence-corrected chi connectivity index (χ2v) is 11.6. The van der Waals surface area contributed by atoms with Gasteiger partial charge in [0.1, 0.15) is 11.4 Å². The summed E-state index contributed by atoms with van der Waals surface area (Å²) >= 11 is 0. The van der Waals surface area contributed by atoms with Crippen LogP contribution in [0.25, 0.3) is 39.0 Å². The van der Waals surface area contributed by atoms with Gasteiger partial charge in [0.25, 0.3) is 11.5 Å². The molecular weight excluding hydrogens is 554 g/mol. The van der Waals surface area contributed by atoms with E-state index in [-0.39, 0.29) is 17.4 Å². The number of rotatable bonds is 6. The van der Waals surface area contributed by atoms with Crippen LogP contribution < -0.4 is 17.0 Å². The highest BCUT2D eigenvalue weighted by molar-refractivity contribution is 6.03. The molecule has 2 aromatic carbocycles. The number of nitrogens with zero attached hydrogens (tertiary/aromatic N) is 5. The second-order valence-electron chi connectivity index (χ2n) is 11.6. The third kappa shape index (κ3) is 5.12. The Balaban J connectivity index is 1.38. The maximum atomic E-state index is 13.3. The minimum absolute atomic E-state index is 0.00765. The van der Waals surface area contributed by atoms with Crippen LogP contribution in [0.15, 0.2) is 77.9 Å². The molecule has 0 saturated carbocycles. The molecule has 0 radical (unpaired) electrons. The lowest BCUT2D eigenvalue weighted by Crippen LogP contribution is -2.40. The van der Waals surface area contributed by atoms with Crippen LogP contribution in [0.1, 0.15) is 48.5 Å². The van der Waals surface area contributed by atoms with E-state index in [4.69, 9.17) is 11.5 Å². The Morgan fingerprint density at radius 1 is 0.955 bits per heavy atom. The summed E-state index contributed by atoms with van der Waals surface area (Å²) in [6, 6.07) is 18.9. The van der Waals surface area contributed by atoms with Gasteiger partial charge < -0.3 is 16.4 Å². The van der Waals surface area contributed by atoms with Crippen molar-refractivity contribution >= 4 is 28.5 Å². The number of likely N-dealkylation sites (tertiary alicyclic amines) is 1. The molecule has 3 aromatic heterocycles. The number of aromatic nitrogens is 4. The molecule has 6 rings (SSSR count). The van der Waals surface area contributed by atoms with Crippen molar-refractivity contribution in [3.8, 4) is 28.1 Å². The fourth-order valence-corrected chi connectivity index (χ4v) is 6.22. The van der Waals surface area contributed by atoms with Crippen molar-refractivity contribution in [1.29, 1.82) is 0 Å². The van der Waals surface area contributed by atoms with Crippen molar-refractivity contribution < 1.29 is 9.59 Å². The Kier molecular flexibility index (Phi) is 7.50. The van der Waals surface area contributed by atoms with Crippen LogP contribution in [-0.2, 0) is 11.8 Å². The molecule has 5 aromatic rings. The summed E-state index contributed by atoms with van der Waals surface area (Å²) in [5.41, 5.74) is 16.6. The smallest absolute Gasteiger partial charge is 0.269 e. The van der Waals surface area contributed by atoms with Crippen LogP contribution in [0.4, 0.5) is 5.82 Å². The average Bonchev–Trinajstić information content (AvgIpc) is 3.33. The molecule has 10 nitrogen and oxygen atoms in total. The van der Waals surface area contributed by atoms with E-state index in [1.165, 1.54) is 10.1 Å². The lowest BCUT2D eigenvalue weighted by atomic mass is 9.86. The molecule has 44 heavy (non-hydrogen) atoms.